The largest absolute Gasteiger partial charge is 0.338 e. The van der Waals surface area contributed by atoms with Crippen molar-refractivity contribution >= 4 is 44.7 Å². The van der Waals surface area contributed by atoms with Gasteiger partial charge in [0.25, 0.3) is 0 Å². The zero-order valence-electron chi connectivity index (χ0n) is 14.4. The van der Waals surface area contributed by atoms with Gasteiger partial charge in [-0.05, 0) is 44.2 Å². The molecular weight excluding hydrogens is 397 g/mol. The predicted octanol–water partition coefficient (Wildman–Crippen LogP) is 2.85. The molecule has 1 saturated heterocycles. The van der Waals surface area contributed by atoms with Crippen LogP contribution in [0.25, 0.3) is 0 Å². The molecule has 140 valence electrons. The Kier molecular flexibility index (Phi) is 5.69. The van der Waals surface area contributed by atoms with Gasteiger partial charge in [-0.2, -0.15) is 9.29 Å². The van der Waals surface area contributed by atoms with Gasteiger partial charge in [-0.25, -0.2) is 13.4 Å². The maximum atomic E-state index is 13.1. The van der Waals surface area contributed by atoms with Crippen molar-refractivity contribution in [1.29, 1.82) is 0 Å². The maximum absolute atomic E-state index is 13.1. The zero-order chi connectivity index (χ0) is 18.9. The molecule has 10 heteroatoms. The van der Waals surface area contributed by atoms with Gasteiger partial charge in [0.2, 0.25) is 15.3 Å². The molecule has 1 N–H and O–H groups in total. The Hall–Kier alpha value is -1.45. The number of nitrogens with one attached hydrogen (secondary N) is 1. The van der Waals surface area contributed by atoms with Crippen LogP contribution in [0, 0.1) is 0 Å². The van der Waals surface area contributed by atoms with Crippen molar-refractivity contribution in [3.05, 3.63) is 40.8 Å². The van der Waals surface area contributed by atoms with Gasteiger partial charge in [0, 0.05) is 19.1 Å². The van der Waals surface area contributed by atoms with Crippen molar-refractivity contribution in [1.82, 2.24) is 19.2 Å². The second-order valence-electron chi connectivity index (χ2n) is 6.23. The van der Waals surface area contributed by atoms with E-state index in [1.54, 1.807) is 24.3 Å². The average Bonchev–Trinajstić information content (AvgIpc) is 3.10. The van der Waals surface area contributed by atoms with E-state index in [1.165, 1.54) is 10.5 Å². The van der Waals surface area contributed by atoms with Crippen LogP contribution in [0.4, 0.5) is 11.5 Å². The van der Waals surface area contributed by atoms with Gasteiger partial charge < -0.3 is 10.2 Å². The summed E-state index contributed by atoms with van der Waals surface area (Å²) in [5.41, 5.74) is 0.387. The molecule has 1 aliphatic heterocycles. The molecule has 26 heavy (non-hydrogen) atoms. The molecule has 3 rings (SSSR count). The number of aromatic nitrogens is 2. The minimum atomic E-state index is -3.65. The normalized spacial score (nSPS) is 18.4. The molecule has 0 spiro atoms. The Bertz CT molecular complexity index is 907. The Morgan fingerprint density at radius 1 is 1.27 bits per heavy atom. The maximum Gasteiger partial charge on any atom is 0.245 e. The molecule has 1 aromatic carbocycles. The van der Waals surface area contributed by atoms with E-state index in [9.17, 15) is 8.42 Å². The second-order valence-corrected chi connectivity index (χ2v) is 8.88. The molecule has 0 saturated carbocycles. The van der Waals surface area contributed by atoms with Gasteiger partial charge in [-0.3, -0.25) is 0 Å². The number of hydrogen-bond donors (Lipinski definition) is 1. The van der Waals surface area contributed by atoms with Crippen LogP contribution >= 0.6 is 23.2 Å². The molecule has 1 unspecified atom stereocenters. The average molecular weight is 416 g/mol. The number of para-hydroxylation sites is 1. The Morgan fingerprint density at radius 2 is 2.00 bits per heavy atom. The highest BCUT2D eigenvalue weighted by molar-refractivity contribution is 7.89. The number of hydrogen-bond acceptors (Lipinski definition) is 6. The highest BCUT2D eigenvalue weighted by atomic mass is 35.5. The fourth-order valence-electron chi connectivity index (χ4n) is 2.85. The summed E-state index contributed by atoms with van der Waals surface area (Å²) in [7, 11) is 0.257. The predicted molar refractivity (Wildman–Crippen MR) is 103 cm³/mol. The van der Waals surface area contributed by atoms with Crippen molar-refractivity contribution in [2.75, 3.05) is 32.5 Å². The third kappa shape index (κ3) is 3.94. The van der Waals surface area contributed by atoms with Crippen LogP contribution in [0.5, 0.6) is 0 Å². The Balaban J connectivity index is 1.93. The van der Waals surface area contributed by atoms with Crippen LogP contribution in [-0.2, 0) is 10.0 Å². The van der Waals surface area contributed by atoms with E-state index in [1.807, 2.05) is 19.0 Å². The molecule has 0 bridgehead atoms. The highest BCUT2D eigenvalue weighted by Crippen LogP contribution is 2.31. The molecule has 1 aliphatic rings. The molecule has 2 aromatic rings. The first kappa shape index (κ1) is 19.3. The van der Waals surface area contributed by atoms with Crippen LogP contribution in [0.1, 0.15) is 6.42 Å². The molecule has 0 amide bonds. The van der Waals surface area contributed by atoms with Crippen molar-refractivity contribution in [2.45, 2.75) is 17.4 Å². The molecule has 0 radical (unpaired) electrons. The molecule has 2 heterocycles. The van der Waals surface area contributed by atoms with Crippen molar-refractivity contribution < 1.29 is 8.42 Å². The molecule has 0 aliphatic carbocycles. The molecule has 1 atom stereocenters. The first-order chi connectivity index (χ1) is 12.3. The molecule has 7 nitrogen and oxygen atoms in total. The van der Waals surface area contributed by atoms with Crippen LogP contribution in [0.15, 0.2) is 35.4 Å². The van der Waals surface area contributed by atoms with Crippen LogP contribution < -0.4 is 5.32 Å². The second kappa shape index (κ2) is 7.66. The SMILES string of the molecule is CN(C)C1CCN(S(=O)(=O)c2ccccc2Nc2nc(Cl)ncc2Cl)C1. The summed E-state index contributed by atoms with van der Waals surface area (Å²) in [6, 6.07) is 6.87. The lowest BCUT2D eigenvalue weighted by Crippen LogP contribution is -2.34. The van der Waals surface area contributed by atoms with E-state index in [-0.39, 0.29) is 27.1 Å². The minimum absolute atomic E-state index is 0.0191. The van der Waals surface area contributed by atoms with Crippen molar-refractivity contribution in [2.24, 2.45) is 0 Å². The summed E-state index contributed by atoms with van der Waals surface area (Å²) in [5, 5.41) is 3.23. The fourth-order valence-corrected chi connectivity index (χ4v) is 4.76. The molecule has 1 aromatic heterocycles. The number of likely N-dealkylation sites (N-methyl/N-ethyl adjacent to an activating group) is 1. The summed E-state index contributed by atoms with van der Waals surface area (Å²) in [6.45, 7) is 0.948. The van der Waals surface area contributed by atoms with Crippen molar-refractivity contribution in [3.8, 4) is 0 Å². The van der Waals surface area contributed by atoms with E-state index in [0.717, 1.165) is 6.42 Å². The quantitative estimate of drug-likeness (QED) is 0.756. The van der Waals surface area contributed by atoms with Gasteiger partial charge >= 0.3 is 0 Å². The summed E-state index contributed by atoms with van der Waals surface area (Å²) in [6.07, 6.45) is 2.16. The Morgan fingerprint density at radius 3 is 2.69 bits per heavy atom. The number of nitrogens with zero attached hydrogens (tertiary/aromatic N) is 4. The van der Waals surface area contributed by atoms with Crippen molar-refractivity contribution in [3.63, 3.8) is 0 Å². The lowest BCUT2D eigenvalue weighted by molar-refractivity contribution is 0.302. The first-order valence-corrected chi connectivity index (χ1v) is 10.2. The third-order valence-corrected chi connectivity index (χ3v) is 6.71. The summed E-state index contributed by atoms with van der Waals surface area (Å²) in [4.78, 5) is 10.0. The number of rotatable bonds is 5. The lowest BCUT2D eigenvalue weighted by Gasteiger charge is -2.21. The molecular formula is C16H19Cl2N5O2S. The van der Waals surface area contributed by atoms with E-state index < -0.39 is 10.0 Å². The lowest BCUT2D eigenvalue weighted by atomic mass is 10.2. The topological polar surface area (TPSA) is 78.4 Å². The number of sulfonamides is 1. The molecule has 1 fully saturated rings. The summed E-state index contributed by atoms with van der Waals surface area (Å²) in [5.74, 6) is 0.252. The van der Waals surface area contributed by atoms with E-state index in [2.05, 4.69) is 15.3 Å². The Labute approximate surface area is 163 Å². The number of halogens is 2. The van der Waals surface area contributed by atoms with Gasteiger partial charge in [-0.15, -0.1) is 0 Å². The van der Waals surface area contributed by atoms with Crippen LogP contribution in [-0.4, -0.2) is 60.8 Å². The van der Waals surface area contributed by atoms with Gasteiger partial charge in [0.05, 0.1) is 11.9 Å². The first-order valence-electron chi connectivity index (χ1n) is 7.99. The third-order valence-electron chi connectivity index (χ3n) is 4.33. The smallest absolute Gasteiger partial charge is 0.245 e. The van der Waals surface area contributed by atoms with Gasteiger partial charge in [0.15, 0.2) is 5.82 Å². The van der Waals surface area contributed by atoms with Crippen LogP contribution in [0.3, 0.4) is 0 Å². The van der Waals surface area contributed by atoms with E-state index in [4.69, 9.17) is 23.2 Å². The summed E-state index contributed by atoms with van der Waals surface area (Å²) < 4.78 is 27.8. The van der Waals surface area contributed by atoms with E-state index in [0.29, 0.717) is 18.8 Å². The standard InChI is InChI=1S/C16H19Cl2N5O2S/c1-22(2)11-7-8-23(10-11)26(24,25)14-6-4-3-5-13(14)20-15-12(17)9-19-16(18)21-15/h3-6,9,11H,7-8,10H2,1-2H3,(H,19,20,21). The minimum Gasteiger partial charge on any atom is -0.338 e. The highest BCUT2D eigenvalue weighted by Gasteiger charge is 2.34. The number of benzene rings is 1. The monoisotopic (exact) mass is 415 g/mol. The number of anilines is 2. The van der Waals surface area contributed by atoms with Gasteiger partial charge in [0.1, 0.15) is 9.92 Å². The zero-order valence-corrected chi connectivity index (χ0v) is 16.7. The van der Waals surface area contributed by atoms with E-state index >= 15 is 0 Å². The fraction of sp³-hybridized carbons (Fsp3) is 0.375. The summed E-state index contributed by atoms with van der Waals surface area (Å²) >= 11 is 11.9. The van der Waals surface area contributed by atoms with Crippen LogP contribution in [0.2, 0.25) is 10.3 Å². The van der Waals surface area contributed by atoms with Gasteiger partial charge in [-0.1, -0.05) is 23.7 Å².